The van der Waals surface area contributed by atoms with Crippen molar-refractivity contribution in [2.24, 2.45) is 5.92 Å². The second-order valence-electron chi connectivity index (χ2n) is 4.63. The predicted octanol–water partition coefficient (Wildman–Crippen LogP) is 0.746. The van der Waals surface area contributed by atoms with Crippen molar-refractivity contribution in [3.05, 3.63) is 0 Å². The smallest absolute Gasteiger partial charge is 0.329 e. The van der Waals surface area contributed by atoms with Gasteiger partial charge < -0.3 is 15.7 Å². The Bertz CT molecular complexity index is 281. The first-order chi connectivity index (χ1) is 8.05. The van der Waals surface area contributed by atoms with Crippen molar-refractivity contribution < 1.29 is 14.7 Å². The van der Waals surface area contributed by atoms with Crippen LogP contribution in [0.25, 0.3) is 0 Å². The van der Waals surface area contributed by atoms with Gasteiger partial charge in [-0.1, -0.05) is 13.8 Å². The van der Waals surface area contributed by atoms with Crippen LogP contribution in [-0.2, 0) is 9.59 Å². The molecule has 0 radical (unpaired) electrons. The number of rotatable bonds is 5. The van der Waals surface area contributed by atoms with Crippen molar-refractivity contribution in [3.8, 4) is 0 Å². The van der Waals surface area contributed by atoms with Crippen LogP contribution in [-0.4, -0.2) is 35.6 Å². The van der Waals surface area contributed by atoms with Gasteiger partial charge in [0.1, 0.15) is 5.54 Å². The molecule has 0 saturated carbocycles. The van der Waals surface area contributed by atoms with Crippen LogP contribution in [0.1, 0.15) is 39.5 Å². The maximum atomic E-state index is 12.0. The van der Waals surface area contributed by atoms with Gasteiger partial charge in [-0.05, 0) is 32.2 Å². The van der Waals surface area contributed by atoms with E-state index in [1.807, 2.05) is 0 Å². The Morgan fingerprint density at radius 1 is 1.41 bits per heavy atom. The lowest BCUT2D eigenvalue weighted by atomic mass is 9.90. The molecule has 5 nitrogen and oxygen atoms in total. The molecule has 1 atom stereocenters. The predicted molar refractivity (Wildman–Crippen MR) is 64.7 cm³/mol. The van der Waals surface area contributed by atoms with Crippen molar-refractivity contribution in [2.75, 3.05) is 13.1 Å². The normalized spacial score (nSPS) is 20.9. The third-order valence-electron chi connectivity index (χ3n) is 3.65. The van der Waals surface area contributed by atoms with E-state index in [2.05, 4.69) is 10.6 Å². The fourth-order valence-corrected chi connectivity index (χ4v) is 2.20. The van der Waals surface area contributed by atoms with E-state index in [-0.39, 0.29) is 11.8 Å². The Morgan fingerprint density at radius 2 is 2.06 bits per heavy atom. The molecule has 1 heterocycles. The minimum atomic E-state index is -1.10. The van der Waals surface area contributed by atoms with Crippen LogP contribution in [0, 0.1) is 5.92 Å². The zero-order valence-electron chi connectivity index (χ0n) is 10.6. The van der Waals surface area contributed by atoms with Crippen LogP contribution in [0.15, 0.2) is 0 Å². The SMILES string of the molecule is CCC(CC)(NC(=O)[C@@H]1CCCNC1)C(=O)O. The summed E-state index contributed by atoms with van der Waals surface area (Å²) in [6.45, 7) is 5.17. The van der Waals surface area contributed by atoms with Gasteiger partial charge in [0.25, 0.3) is 0 Å². The molecule has 0 aromatic rings. The highest BCUT2D eigenvalue weighted by Crippen LogP contribution is 2.18. The minimum Gasteiger partial charge on any atom is -0.480 e. The number of hydrogen-bond donors (Lipinski definition) is 3. The number of nitrogens with one attached hydrogen (secondary N) is 2. The van der Waals surface area contributed by atoms with Crippen molar-refractivity contribution in [3.63, 3.8) is 0 Å². The number of carbonyl (C=O) groups is 2. The third-order valence-corrected chi connectivity index (χ3v) is 3.65. The molecular formula is C12H22N2O3. The first-order valence-electron chi connectivity index (χ1n) is 6.32. The number of aliphatic carboxylic acids is 1. The quantitative estimate of drug-likeness (QED) is 0.664. The standard InChI is InChI=1S/C12H22N2O3/c1-3-12(4-2,11(16)17)14-10(15)9-6-5-7-13-8-9/h9,13H,3-8H2,1-2H3,(H,14,15)(H,16,17)/t9-/m1/s1. The minimum absolute atomic E-state index is 0.0967. The molecule has 1 rings (SSSR count). The van der Waals surface area contributed by atoms with Crippen LogP contribution in [0.4, 0.5) is 0 Å². The first-order valence-corrected chi connectivity index (χ1v) is 6.32. The summed E-state index contributed by atoms with van der Waals surface area (Å²) < 4.78 is 0. The molecule has 1 saturated heterocycles. The van der Waals surface area contributed by atoms with E-state index in [4.69, 9.17) is 0 Å². The molecule has 0 aromatic heterocycles. The summed E-state index contributed by atoms with van der Waals surface area (Å²) in [4.78, 5) is 23.3. The van der Waals surface area contributed by atoms with Crippen LogP contribution >= 0.6 is 0 Å². The molecular weight excluding hydrogens is 220 g/mol. The number of hydrogen-bond acceptors (Lipinski definition) is 3. The second-order valence-corrected chi connectivity index (χ2v) is 4.63. The third kappa shape index (κ3) is 3.19. The highest BCUT2D eigenvalue weighted by Gasteiger charge is 2.38. The van der Waals surface area contributed by atoms with Crippen molar-refractivity contribution in [1.82, 2.24) is 10.6 Å². The molecule has 0 bridgehead atoms. The highest BCUT2D eigenvalue weighted by atomic mass is 16.4. The lowest BCUT2D eigenvalue weighted by Gasteiger charge is -2.31. The molecule has 1 fully saturated rings. The Kier molecular flexibility index (Phi) is 4.93. The van der Waals surface area contributed by atoms with Gasteiger partial charge in [0, 0.05) is 6.54 Å². The average Bonchev–Trinajstić information content (AvgIpc) is 2.36. The lowest BCUT2D eigenvalue weighted by Crippen LogP contribution is -2.56. The summed E-state index contributed by atoms with van der Waals surface area (Å²) in [5.41, 5.74) is -1.10. The molecule has 1 aliphatic rings. The molecule has 98 valence electrons. The van der Waals surface area contributed by atoms with Crippen LogP contribution in [0.5, 0.6) is 0 Å². The topological polar surface area (TPSA) is 78.4 Å². The molecule has 5 heteroatoms. The Labute approximate surface area is 102 Å². The monoisotopic (exact) mass is 242 g/mol. The second kappa shape index (κ2) is 6.00. The van der Waals surface area contributed by atoms with Gasteiger partial charge in [0.2, 0.25) is 5.91 Å². The number of amides is 1. The van der Waals surface area contributed by atoms with Gasteiger partial charge in [-0.2, -0.15) is 0 Å². The summed E-state index contributed by atoms with van der Waals surface area (Å²) >= 11 is 0. The Hall–Kier alpha value is -1.10. The average molecular weight is 242 g/mol. The van der Waals surface area contributed by atoms with E-state index in [9.17, 15) is 14.7 Å². The van der Waals surface area contributed by atoms with Crippen molar-refractivity contribution in [1.29, 1.82) is 0 Å². The summed E-state index contributed by atoms with van der Waals surface area (Å²) in [5, 5.41) is 15.1. The van der Waals surface area contributed by atoms with Crippen molar-refractivity contribution in [2.45, 2.75) is 45.1 Å². The van der Waals surface area contributed by atoms with Gasteiger partial charge in [-0.3, -0.25) is 4.79 Å². The number of carboxylic acids is 1. The molecule has 0 aliphatic carbocycles. The van der Waals surface area contributed by atoms with Crippen molar-refractivity contribution >= 4 is 11.9 Å². The maximum absolute atomic E-state index is 12.0. The van der Waals surface area contributed by atoms with Gasteiger partial charge in [0.15, 0.2) is 0 Å². The molecule has 0 unspecified atom stereocenters. The fourth-order valence-electron chi connectivity index (χ4n) is 2.20. The molecule has 0 spiro atoms. The van der Waals surface area contributed by atoms with E-state index in [0.717, 1.165) is 19.4 Å². The highest BCUT2D eigenvalue weighted by molar-refractivity contribution is 5.88. The number of carboxylic acid groups (broad SMARTS) is 1. The Morgan fingerprint density at radius 3 is 2.47 bits per heavy atom. The van der Waals surface area contributed by atoms with Gasteiger partial charge in [-0.25, -0.2) is 4.79 Å². The summed E-state index contributed by atoms with van der Waals surface area (Å²) in [5.74, 6) is -1.18. The summed E-state index contributed by atoms with van der Waals surface area (Å²) in [6.07, 6.45) is 2.62. The van der Waals surface area contributed by atoms with E-state index in [1.54, 1.807) is 13.8 Å². The van der Waals surface area contributed by atoms with E-state index >= 15 is 0 Å². The first kappa shape index (κ1) is 14.0. The number of carbonyl (C=O) groups excluding carboxylic acids is 1. The summed E-state index contributed by atoms with van der Waals surface area (Å²) in [6, 6.07) is 0. The van der Waals surface area contributed by atoms with E-state index in [0.29, 0.717) is 19.4 Å². The zero-order chi connectivity index (χ0) is 12.9. The summed E-state index contributed by atoms with van der Waals surface area (Å²) in [7, 11) is 0. The maximum Gasteiger partial charge on any atom is 0.329 e. The van der Waals surface area contributed by atoms with Gasteiger partial charge in [-0.15, -0.1) is 0 Å². The molecule has 0 aromatic carbocycles. The van der Waals surface area contributed by atoms with E-state index < -0.39 is 11.5 Å². The largest absolute Gasteiger partial charge is 0.480 e. The van der Waals surface area contributed by atoms with Crippen LogP contribution < -0.4 is 10.6 Å². The van der Waals surface area contributed by atoms with Gasteiger partial charge in [0.05, 0.1) is 5.92 Å². The molecule has 1 aliphatic heterocycles. The number of piperidine rings is 1. The molecule has 3 N–H and O–H groups in total. The van der Waals surface area contributed by atoms with E-state index in [1.165, 1.54) is 0 Å². The van der Waals surface area contributed by atoms with Crippen LogP contribution in [0.3, 0.4) is 0 Å². The molecule has 1 amide bonds. The zero-order valence-corrected chi connectivity index (χ0v) is 10.6. The fraction of sp³-hybridized carbons (Fsp3) is 0.833. The van der Waals surface area contributed by atoms with Gasteiger partial charge >= 0.3 is 5.97 Å². The lowest BCUT2D eigenvalue weighted by molar-refractivity contribution is -0.148. The van der Waals surface area contributed by atoms with Crippen LogP contribution in [0.2, 0.25) is 0 Å². The Balaban J connectivity index is 2.66. The molecule has 17 heavy (non-hydrogen) atoms.